The van der Waals surface area contributed by atoms with Crippen LogP contribution in [0.5, 0.6) is 0 Å². The predicted molar refractivity (Wildman–Crippen MR) is 127 cm³/mol. The van der Waals surface area contributed by atoms with Crippen molar-refractivity contribution in [3.05, 3.63) is 24.2 Å². The number of nitrogens with zero attached hydrogens (tertiary/aromatic N) is 3. The van der Waals surface area contributed by atoms with Gasteiger partial charge in [-0.1, -0.05) is 46.5 Å². The topological polar surface area (TPSA) is 44.0 Å². The van der Waals surface area contributed by atoms with Crippen LogP contribution in [0.4, 0.5) is 0 Å². The zero-order valence-electron chi connectivity index (χ0n) is 18.5. The molecule has 0 atom stereocenters. The maximum absolute atomic E-state index is 5.81. The van der Waals surface area contributed by atoms with Crippen LogP contribution in [0, 0.1) is 0 Å². The summed E-state index contributed by atoms with van der Waals surface area (Å²) in [7, 11) is -1.99. The molecule has 1 N–H and O–H groups in total. The smallest absolute Gasteiger partial charge is 0.194 e. The highest BCUT2D eigenvalue weighted by atomic mass is 32.1. The molecule has 164 valence electrons. The lowest BCUT2D eigenvalue weighted by atomic mass is 10.2. The summed E-state index contributed by atoms with van der Waals surface area (Å²) in [6.07, 6.45) is 12.1. The van der Waals surface area contributed by atoms with Crippen LogP contribution in [-0.4, -0.2) is 45.8 Å². The Morgan fingerprint density at radius 3 is 1.93 bits per heavy atom. The van der Waals surface area contributed by atoms with Crippen LogP contribution in [0.1, 0.15) is 77.9 Å². The third-order valence-corrected chi connectivity index (χ3v) is 11.1. The first kappa shape index (κ1) is 23.0. The molecule has 29 heavy (non-hydrogen) atoms. The average molecular weight is 439 g/mol. The highest BCUT2D eigenvalue weighted by Crippen LogP contribution is 2.66. The molecule has 0 unspecified atom stereocenters. The van der Waals surface area contributed by atoms with Gasteiger partial charge in [0.1, 0.15) is 13.1 Å². The van der Waals surface area contributed by atoms with Crippen LogP contribution < -0.4 is 5.32 Å². The summed E-state index contributed by atoms with van der Waals surface area (Å²) in [5.41, 5.74) is 0. The Morgan fingerprint density at radius 2 is 1.52 bits per heavy atom. The van der Waals surface area contributed by atoms with Crippen LogP contribution in [-0.2, 0) is 6.54 Å². The fraction of sp³-hybridized carbons (Fsp3) is 0.773. The van der Waals surface area contributed by atoms with Crippen molar-refractivity contribution in [2.45, 2.75) is 83.8 Å². The van der Waals surface area contributed by atoms with Crippen LogP contribution in [0.25, 0.3) is 0 Å². The Kier molecular flexibility index (Phi) is 8.38. The zero-order valence-corrected chi connectivity index (χ0v) is 20.2. The molecule has 0 saturated carbocycles. The third-order valence-electron chi connectivity index (χ3n) is 6.08. The summed E-state index contributed by atoms with van der Waals surface area (Å²) in [6.45, 7) is 12.3. The molecule has 0 spiro atoms. The summed E-state index contributed by atoms with van der Waals surface area (Å²) in [5.74, 6) is 0.895. The SMILES string of the molecule is CC(C)(C)P(=NC(=S)NCc1ccco1)(N1CCCCCC1)N1CCCCCC1. The Labute approximate surface area is 182 Å². The third kappa shape index (κ3) is 5.72. The lowest BCUT2D eigenvalue weighted by molar-refractivity contribution is 0.368. The van der Waals surface area contributed by atoms with Crippen LogP contribution in [0.2, 0.25) is 0 Å². The van der Waals surface area contributed by atoms with Gasteiger partial charge in [0.25, 0.3) is 0 Å². The van der Waals surface area contributed by atoms with E-state index in [4.69, 9.17) is 21.4 Å². The quantitative estimate of drug-likeness (QED) is 0.445. The van der Waals surface area contributed by atoms with Gasteiger partial charge >= 0.3 is 0 Å². The molecule has 2 fully saturated rings. The molecular weight excluding hydrogens is 399 g/mol. The van der Waals surface area contributed by atoms with Gasteiger partial charge in [0.05, 0.1) is 12.8 Å². The van der Waals surface area contributed by atoms with E-state index in [2.05, 4.69) is 35.4 Å². The second kappa shape index (κ2) is 10.6. The van der Waals surface area contributed by atoms with Crippen molar-refractivity contribution in [1.82, 2.24) is 14.7 Å². The van der Waals surface area contributed by atoms with Gasteiger partial charge in [-0.3, -0.25) is 9.34 Å². The minimum absolute atomic E-state index is 0.0537. The Morgan fingerprint density at radius 1 is 1.00 bits per heavy atom. The van der Waals surface area contributed by atoms with Crippen molar-refractivity contribution in [3.8, 4) is 0 Å². The zero-order chi connectivity index (χ0) is 20.7. The van der Waals surface area contributed by atoms with Gasteiger partial charge in [-0.25, -0.2) is 4.74 Å². The fourth-order valence-electron chi connectivity index (χ4n) is 4.71. The Balaban J connectivity index is 1.97. The number of nitrogens with one attached hydrogen (secondary N) is 1. The normalized spacial score (nSPS) is 20.7. The number of furan rings is 1. The van der Waals surface area contributed by atoms with E-state index in [1.54, 1.807) is 6.26 Å². The van der Waals surface area contributed by atoms with Crippen LogP contribution in [0.15, 0.2) is 27.6 Å². The number of hydrogen-bond donors (Lipinski definition) is 1. The van der Waals surface area contributed by atoms with Crippen molar-refractivity contribution in [2.24, 2.45) is 4.74 Å². The summed E-state index contributed by atoms with van der Waals surface area (Å²) in [4.78, 5) is 0. The second-order valence-corrected chi connectivity index (χ2v) is 13.5. The standard InChI is InChI=1S/C22H39N4OPS/c1-22(2,3)28(25-14-8-4-5-9-15-25,26-16-10-6-7-11-17-26)24-21(29)23-19-20-13-12-18-27-20/h12-13,18H,4-11,14-17,19H2,1-3H3,(H,23,29). The van der Waals surface area contributed by atoms with Gasteiger partial charge in [0.2, 0.25) is 0 Å². The van der Waals surface area contributed by atoms with Crippen molar-refractivity contribution in [2.75, 3.05) is 26.2 Å². The molecule has 5 nitrogen and oxygen atoms in total. The van der Waals surface area contributed by atoms with E-state index in [-0.39, 0.29) is 5.16 Å². The summed E-state index contributed by atoms with van der Waals surface area (Å²) in [6, 6.07) is 3.89. The maximum atomic E-state index is 5.81. The van der Waals surface area contributed by atoms with E-state index < -0.39 is 7.36 Å². The highest BCUT2D eigenvalue weighted by molar-refractivity contribution is 7.81. The van der Waals surface area contributed by atoms with Gasteiger partial charge in [0, 0.05) is 31.3 Å². The Bertz CT molecular complexity index is 658. The van der Waals surface area contributed by atoms with Crippen molar-refractivity contribution >= 4 is 24.7 Å². The highest BCUT2D eigenvalue weighted by Gasteiger charge is 2.44. The molecule has 0 radical (unpaired) electrons. The first-order valence-corrected chi connectivity index (χ1v) is 13.4. The molecule has 3 rings (SSSR count). The average Bonchev–Trinajstić information content (AvgIpc) is 2.89. The molecule has 2 saturated heterocycles. The lowest BCUT2D eigenvalue weighted by Crippen LogP contribution is -2.42. The fourth-order valence-corrected chi connectivity index (χ4v) is 9.73. The summed E-state index contributed by atoms with van der Waals surface area (Å²) < 4.78 is 16.4. The van der Waals surface area contributed by atoms with E-state index in [9.17, 15) is 0 Å². The molecule has 7 heteroatoms. The number of rotatable bonds is 4. The lowest BCUT2D eigenvalue weighted by Gasteiger charge is -2.50. The molecular formula is C22H39N4OPS. The van der Waals surface area contributed by atoms with Gasteiger partial charge in [0.15, 0.2) is 5.11 Å². The number of hydrogen-bond acceptors (Lipinski definition) is 2. The van der Waals surface area contributed by atoms with E-state index in [0.717, 1.165) is 31.9 Å². The minimum Gasteiger partial charge on any atom is -0.467 e. The molecule has 1 aromatic heterocycles. The van der Waals surface area contributed by atoms with Crippen molar-refractivity contribution in [3.63, 3.8) is 0 Å². The van der Waals surface area contributed by atoms with E-state index in [1.807, 2.05) is 12.1 Å². The molecule has 0 aliphatic carbocycles. The number of thiocarbonyl (C=S) groups is 1. The predicted octanol–water partition coefficient (Wildman–Crippen LogP) is 6.24. The first-order valence-electron chi connectivity index (χ1n) is 11.4. The summed E-state index contributed by atoms with van der Waals surface area (Å²) in [5, 5.41) is 4.06. The molecule has 0 amide bonds. The van der Waals surface area contributed by atoms with Gasteiger partial charge < -0.3 is 9.73 Å². The molecule has 3 heterocycles. The van der Waals surface area contributed by atoms with Gasteiger partial charge in [-0.2, -0.15) is 0 Å². The van der Waals surface area contributed by atoms with Crippen molar-refractivity contribution < 1.29 is 4.42 Å². The monoisotopic (exact) mass is 438 g/mol. The van der Waals surface area contributed by atoms with Gasteiger partial charge in [-0.15, -0.1) is 0 Å². The van der Waals surface area contributed by atoms with E-state index >= 15 is 0 Å². The molecule has 0 aromatic carbocycles. The van der Waals surface area contributed by atoms with E-state index in [0.29, 0.717) is 11.7 Å². The molecule has 2 aliphatic rings. The Hall–Kier alpha value is -0.680. The second-order valence-electron chi connectivity index (χ2n) is 9.31. The molecule has 1 aromatic rings. The molecule has 0 bridgehead atoms. The van der Waals surface area contributed by atoms with Gasteiger partial charge in [-0.05, 0) is 50.0 Å². The van der Waals surface area contributed by atoms with E-state index in [1.165, 1.54) is 51.4 Å². The largest absolute Gasteiger partial charge is 0.467 e. The maximum Gasteiger partial charge on any atom is 0.194 e. The molecule has 2 aliphatic heterocycles. The van der Waals surface area contributed by atoms with Crippen LogP contribution in [0.3, 0.4) is 0 Å². The summed E-state index contributed by atoms with van der Waals surface area (Å²) >= 11 is 5.81. The van der Waals surface area contributed by atoms with Crippen LogP contribution >= 0.6 is 19.6 Å². The van der Waals surface area contributed by atoms with Crippen molar-refractivity contribution in [1.29, 1.82) is 0 Å². The minimum atomic E-state index is -1.99. The first-order chi connectivity index (χ1) is 13.9.